The van der Waals surface area contributed by atoms with Crippen molar-refractivity contribution in [3.05, 3.63) is 33.8 Å². The van der Waals surface area contributed by atoms with Gasteiger partial charge in [0.15, 0.2) is 6.10 Å². The van der Waals surface area contributed by atoms with Crippen molar-refractivity contribution in [1.29, 1.82) is 0 Å². The molecular weight excluding hydrogens is 279 g/mol. The average molecular weight is 293 g/mol. The van der Waals surface area contributed by atoms with Crippen molar-refractivity contribution < 1.29 is 19.7 Å². The van der Waals surface area contributed by atoms with E-state index in [-0.39, 0.29) is 15.6 Å². The lowest BCUT2D eigenvalue weighted by atomic mass is 10.1. The van der Waals surface area contributed by atoms with Gasteiger partial charge in [-0.05, 0) is 26.0 Å². The highest BCUT2D eigenvalue weighted by Gasteiger charge is 2.28. The number of carbonyl (C=O) groups is 1. The summed E-state index contributed by atoms with van der Waals surface area (Å²) >= 11 is 11.9. The van der Waals surface area contributed by atoms with Gasteiger partial charge in [0, 0.05) is 15.6 Å². The Hall–Kier alpha value is -0.810. The minimum atomic E-state index is -1.31. The number of rotatable bonds is 5. The van der Waals surface area contributed by atoms with Crippen LogP contribution in [0.1, 0.15) is 25.5 Å². The standard InChI is InChI=1S/C12H14Cl2O4/c1-6(15)7(2)18-11(12(16)17)10-8(13)4-3-5-9(10)14/h3-7,11,15H,1-2H3,(H,16,17). The van der Waals surface area contributed by atoms with Crippen LogP contribution in [0.25, 0.3) is 0 Å². The predicted octanol–water partition coefficient (Wildman–Crippen LogP) is 2.91. The van der Waals surface area contributed by atoms with Gasteiger partial charge in [-0.3, -0.25) is 0 Å². The lowest BCUT2D eigenvalue weighted by Gasteiger charge is -2.22. The highest BCUT2D eigenvalue weighted by atomic mass is 35.5. The largest absolute Gasteiger partial charge is 0.479 e. The Morgan fingerprint density at radius 2 is 1.78 bits per heavy atom. The number of hydrogen-bond acceptors (Lipinski definition) is 3. The summed E-state index contributed by atoms with van der Waals surface area (Å²) in [5, 5.41) is 19.0. The lowest BCUT2D eigenvalue weighted by Crippen LogP contribution is -2.28. The molecule has 1 aromatic carbocycles. The van der Waals surface area contributed by atoms with Crippen LogP contribution in [0.3, 0.4) is 0 Å². The molecule has 1 rings (SSSR count). The third-order valence-electron chi connectivity index (χ3n) is 2.52. The molecule has 1 aromatic rings. The maximum Gasteiger partial charge on any atom is 0.337 e. The summed E-state index contributed by atoms with van der Waals surface area (Å²) < 4.78 is 5.30. The Morgan fingerprint density at radius 1 is 1.28 bits per heavy atom. The summed E-state index contributed by atoms with van der Waals surface area (Å²) in [5.74, 6) is -1.21. The summed E-state index contributed by atoms with van der Waals surface area (Å²) in [6.45, 7) is 3.09. The van der Waals surface area contributed by atoms with Crippen molar-refractivity contribution in [3.8, 4) is 0 Å². The van der Waals surface area contributed by atoms with E-state index in [0.717, 1.165) is 0 Å². The van der Waals surface area contributed by atoms with Gasteiger partial charge >= 0.3 is 5.97 Å². The van der Waals surface area contributed by atoms with Gasteiger partial charge in [-0.1, -0.05) is 29.3 Å². The molecular formula is C12H14Cl2O4. The highest BCUT2D eigenvalue weighted by molar-refractivity contribution is 6.36. The molecule has 6 heteroatoms. The van der Waals surface area contributed by atoms with Crippen molar-refractivity contribution in [2.75, 3.05) is 0 Å². The first-order chi connectivity index (χ1) is 8.34. The summed E-state index contributed by atoms with van der Waals surface area (Å²) in [6.07, 6.45) is -2.76. The average Bonchev–Trinajstić information content (AvgIpc) is 2.26. The molecule has 0 aliphatic carbocycles. The molecule has 0 fully saturated rings. The molecule has 0 saturated heterocycles. The minimum absolute atomic E-state index is 0.195. The number of aliphatic carboxylic acids is 1. The first kappa shape index (κ1) is 15.2. The number of halogens is 2. The Kier molecular flexibility index (Phi) is 5.41. The summed E-state index contributed by atoms with van der Waals surface area (Å²) in [6, 6.07) is 4.69. The molecule has 0 aliphatic heterocycles. The molecule has 0 radical (unpaired) electrons. The lowest BCUT2D eigenvalue weighted by molar-refractivity contribution is -0.158. The maximum absolute atomic E-state index is 11.2. The second-order valence-electron chi connectivity index (χ2n) is 3.94. The van der Waals surface area contributed by atoms with Crippen molar-refractivity contribution >= 4 is 29.2 Å². The molecule has 0 amide bonds. The van der Waals surface area contributed by atoms with Gasteiger partial charge in [0.1, 0.15) is 0 Å². The molecule has 0 aromatic heterocycles. The van der Waals surface area contributed by atoms with E-state index in [9.17, 15) is 15.0 Å². The monoisotopic (exact) mass is 292 g/mol. The van der Waals surface area contributed by atoms with Crippen LogP contribution in [0.15, 0.2) is 18.2 Å². The zero-order valence-electron chi connectivity index (χ0n) is 9.93. The van der Waals surface area contributed by atoms with Crippen molar-refractivity contribution in [1.82, 2.24) is 0 Å². The fourth-order valence-corrected chi connectivity index (χ4v) is 1.93. The summed E-state index contributed by atoms with van der Waals surface area (Å²) in [5.41, 5.74) is 0.195. The van der Waals surface area contributed by atoms with Gasteiger partial charge < -0.3 is 14.9 Å². The van der Waals surface area contributed by atoms with Crippen LogP contribution >= 0.6 is 23.2 Å². The number of aliphatic hydroxyl groups excluding tert-OH is 1. The van der Waals surface area contributed by atoms with Gasteiger partial charge in [0.25, 0.3) is 0 Å². The number of carboxylic acids is 1. The van der Waals surface area contributed by atoms with E-state index in [4.69, 9.17) is 27.9 Å². The van der Waals surface area contributed by atoms with Gasteiger partial charge in [-0.2, -0.15) is 0 Å². The van der Waals surface area contributed by atoms with E-state index in [1.165, 1.54) is 19.1 Å². The van der Waals surface area contributed by atoms with Crippen LogP contribution in [0.5, 0.6) is 0 Å². The maximum atomic E-state index is 11.2. The van der Waals surface area contributed by atoms with Crippen LogP contribution in [0, 0.1) is 0 Å². The molecule has 0 bridgehead atoms. The normalized spacial score (nSPS) is 16.1. The SMILES string of the molecule is CC(O)C(C)OC(C(=O)O)c1c(Cl)cccc1Cl. The molecule has 0 heterocycles. The first-order valence-electron chi connectivity index (χ1n) is 5.34. The number of hydrogen-bond donors (Lipinski definition) is 2. The Morgan fingerprint density at radius 3 is 2.17 bits per heavy atom. The highest BCUT2D eigenvalue weighted by Crippen LogP contribution is 2.33. The Balaban J connectivity index is 3.09. The van der Waals surface area contributed by atoms with E-state index >= 15 is 0 Å². The van der Waals surface area contributed by atoms with Crippen LogP contribution in [0.4, 0.5) is 0 Å². The van der Waals surface area contributed by atoms with E-state index in [0.29, 0.717) is 0 Å². The summed E-state index contributed by atoms with van der Waals surface area (Å²) in [4.78, 5) is 11.2. The van der Waals surface area contributed by atoms with Gasteiger partial charge in [0.2, 0.25) is 0 Å². The van der Waals surface area contributed by atoms with E-state index in [2.05, 4.69) is 0 Å². The van der Waals surface area contributed by atoms with Crippen LogP contribution in [-0.4, -0.2) is 28.4 Å². The summed E-state index contributed by atoms with van der Waals surface area (Å²) in [7, 11) is 0. The quantitative estimate of drug-likeness (QED) is 0.876. The van der Waals surface area contributed by atoms with E-state index in [1.54, 1.807) is 13.0 Å². The zero-order chi connectivity index (χ0) is 13.9. The molecule has 3 unspecified atom stereocenters. The molecule has 18 heavy (non-hydrogen) atoms. The smallest absolute Gasteiger partial charge is 0.337 e. The predicted molar refractivity (Wildman–Crippen MR) is 69.1 cm³/mol. The second kappa shape index (κ2) is 6.38. The number of aliphatic hydroxyl groups is 1. The third kappa shape index (κ3) is 3.59. The van der Waals surface area contributed by atoms with E-state index < -0.39 is 24.3 Å². The molecule has 0 spiro atoms. The fourth-order valence-electron chi connectivity index (χ4n) is 1.34. The van der Waals surface area contributed by atoms with Gasteiger partial charge in [-0.25, -0.2) is 4.79 Å². The molecule has 100 valence electrons. The molecule has 4 nitrogen and oxygen atoms in total. The molecule has 3 atom stereocenters. The Bertz CT molecular complexity index is 414. The van der Waals surface area contributed by atoms with Crippen molar-refractivity contribution in [2.45, 2.75) is 32.2 Å². The minimum Gasteiger partial charge on any atom is -0.479 e. The van der Waals surface area contributed by atoms with Crippen molar-refractivity contribution in [3.63, 3.8) is 0 Å². The second-order valence-corrected chi connectivity index (χ2v) is 4.75. The third-order valence-corrected chi connectivity index (χ3v) is 3.18. The van der Waals surface area contributed by atoms with E-state index in [1.807, 2.05) is 0 Å². The molecule has 0 saturated carbocycles. The Labute approximate surface area is 115 Å². The van der Waals surface area contributed by atoms with Crippen LogP contribution < -0.4 is 0 Å². The zero-order valence-corrected chi connectivity index (χ0v) is 11.4. The number of benzene rings is 1. The van der Waals surface area contributed by atoms with Gasteiger partial charge in [-0.15, -0.1) is 0 Å². The molecule has 0 aliphatic rings. The van der Waals surface area contributed by atoms with Crippen LogP contribution in [0.2, 0.25) is 10.0 Å². The fraction of sp³-hybridized carbons (Fsp3) is 0.417. The topological polar surface area (TPSA) is 66.8 Å². The number of ether oxygens (including phenoxy) is 1. The van der Waals surface area contributed by atoms with Crippen molar-refractivity contribution in [2.24, 2.45) is 0 Å². The first-order valence-corrected chi connectivity index (χ1v) is 6.10. The van der Waals surface area contributed by atoms with Gasteiger partial charge in [0.05, 0.1) is 12.2 Å². The molecule has 2 N–H and O–H groups in total. The van der Waals surface area contributed by atoms with Crippen LogP contribution in [-0.2, 0) is 9.53 Å². The number of carboxylic acid groups (broad SMARTS) is 1.